The normalized spacial score (nSPS) is 26.5. The lowest BCUT2D eigenvalue weighted by molar-refractivity contribution is -0.135. The molecule has 6 atom stereocenters. The van der Waals surface area contributed by atoms with Crippen LogP contribution in [0.25, 0.3) is 0 Å². The summed E-state index contributed by atoms with van der Waals surface area (Å²) < 4.78 is 10.7. The molecule has 2 saturated carbocycles. The second-order valence-electron chi connectivity index (χ2n) is 12.1. The maximum Gasteiger partial charge on any atom is 0.224 e. The Kier molecular flexibility index (Phi) is 10.0. The van der Waals surface area contributed by atoms with E-state index in [0.29, 0.717) is 50.4 Å². The Balaban J connectivity index is 1.46. The molecule has 1 heterocycles. The number of aliphatic hydroxyl groups excluding tert-OH is 1. The first-order chi connectivity index (χ1) is 19.1. The van der Waals surface area contributed by atoms with Crippen LogP contribution in [0.1, 0.15) is 77.2 Å². The molecule has 220 valence electrons. The van der Waals surface area contributed by atoms with Crippen molar-refractivity contribution in [3.8, 4) is 5.75 Å². The van der Waals surface area contributed by atoms with Crippen LogP contribution in [0.15, 0.2) is 24.3 Å². The molecule has 4 rings (SSSR count). The van der Waals surface area contributed by atoms with Gasteiger partial charge in [-0.2, -0.15) is 0 Å². The van der Waals surface area contributed by atoms with Crippen molar-refractivity contribution in [2.45, 2.75) is 102 Å². The fourth-order valence-corrected chi connectivity index (χ4v) is 6.05. The van der Waals surface area contributed by atoms with Crippen molar-refractivity contribution >= 4 is 23.4 Å². The largest absolute Gasteiger partial charge is 0.497 e. The summed E-state index contributed by atoms with van der Waals surface area (Å²) in [7, 11) is 1.58. The molecule has 2 amide bonds. The van der Waals surface area contributed by atoms with E-state index in [0.717, 1.165) is 31.2 Å². The first-order valence-electron chi connectivity index (χ1n) is 14.7. The third-order valence-corrected chi connectivity index (χ3v) is 8.85. The van der Waals surface area contributed by atoms with Crippen LogP contribution in [0.2, 0.25) is 0 Å². The van der Waals surface area contributed by atoms with Crippen molar-refractivity contribution in [3.05, 3.63) is 29.8 Å². The summed E-state index contributed by atoms with van der Waals surface area (Å²) in [5.74, 6) is -0.914. The van der Waals surface area contributed by atoms with Gasteiger partial charge in [0, 0.05) is 18.3 Å². The maximum absolute atomic E-state index is 13.7. The average molecular weight is 557 g/mol. The van der Waals surface area contributed by atoms with Gasteiger partial charge in [-0.3, -0.25) is 19.2 Å². The zero-order chi connectivity index (χ0) is 28.9. The van der Waals surface area contributed by atoms with Gasteiger partial charge in [0.05, 0.1) is 31.9 Å². The summed E-state index contributed by atoms with van der Waals surface area (Å²) in [6.07, 6.45) is 6.23. The van der Waals surface area contributed by atoms with Crippen LogP contribution < -0.4 is 15.4 Å². The van der Waals surface area contributed by atoms with Gasteiger partial charge in [0.15, 0.2) is 11.6 Å². The summed E-state index contributed by atoms with van der Waals surface area (Å²) in [5, 5.41) is 15.6. The van der Waals surface area contributed by atoms with Gasteiger partial charge in [-0.15, -0.1) is 0 Å². The number of aliphatic hydroxyl groups is 1. The van der Waals surface area contributed by atoms with Crippen LogP contribution in [0.3, 0.4) is 0 Å². The molecule has 0 bridgehead atoms. The number of hydrogen-bond acceptors (Lipinski definition) is 7. The minimum atomic E-state index is -0.857. The summed E-state index contributed by atoms with van der Waals surface area (Å²) in [5.41, 5.74) is 0.00585. The molecule has 40 heavy (non-hydrogen) atoms. The Morgan fingerprint density at radius 2 is 1.75 bits per heavy atom. The van der Waals surface area contributed by atoms with E-state index in [9.17, 15) is 24.3 Å². The standard InChI is InChI=1S/C31H44N2O7/c1-19(32-29(37)22-10-11-24(34)16-22)27(35)17-23(14-21-8-12-25(39-3)13-9-21)30(38)33-26(15-20-6-4-5-7-20)28(36)31(2)18-40-31/h8-9,12-13,19-20,22-24,26,34H,4-7,10-11,14-18H2,1-3H3,(H,32,37)(H,33,38)/t19-,22-,23-,24-,26+,31-/m1/s1. The number of ketones is 2. The first-order valence-corrected chi connectivity index (χ1v) is 14.7. The highest BCUT2D eigenvalue weighted by Gasteiger charge is 2.50. The van der Waals surface area contributed by atoms with Gasteiger partial charge in [0.2, 0.25) is 11.8 Å². The van der Waals surface area contributed by atoms with Crippen LogP contribution in [0.4, 0.5) is 0 Å². The van der Waals surface area contributed by atoms with Crippen molar-refractivity contribution in [2.75, 3.05) is 13.7 Å². The van der Waals surface area contributed by atoms with Gasteiger partial charge in [0.1, 0.15) is 11.4 Å². The number of epoxide rings is 1. The number of hydrogen-bond donors (Lipinski definition) is 3. The second kappa shape index (κ2) is 13.3. The van der Waals surface area contributed by atoms with Crippen molar-refractivity contribution in [3.63, 3.8) is 0 Å². The van der Waals surface area contributed by atoms with Gasteiger partial charge in [-0.25, -0.2) is 0 Å². The Hall–Kier alpha value is -2.78. The van der Waals surface area contributed by atoms with E-state index in [1.807, 2.05) is 24.3 Å². The molecule has 0 unspecified atom stereocenters. The minimum Gasteiger partial charge on any atom is -0.497 e. The Morgan fingerprint density at radius 1 is 1.07 bits per heavy atom. The maximum atomic E-state index is 13.7. The summed E-state index contributed by atoms with van der Waals surface area (Å²) in [6, 6.07) is 5.90. The van der Waals surface area contributed by atoms with Crippen LogP contribution in [0, 0.1) is 17.8 Å². The number of Topliss-reactive ketones (excluding diaryl/α,β-unsaturated/α-hetero) is 2. The molecule has 9 heteroatoms. The molecule has 1 aliphatic heterocycles. The van der Waals surface area contributed by atoms with Crippen LogP contribution in [-0.2, 0) is 30.3 Å². The molecule has 2 aliphatic carbocycles. The molecule has 0 spiro atoms. The van der Waals surface area contributed by atoms with Crippen LogP contribution in [0.5, 0.6) is 5.75 Å². The lowest BCUT2D eigenvalue weighted by Gasteiger charge is -2.26. The van der Waals surface area contributed by atoms with Gasteiger partial charge >= 0.3 is 0 Å². The van der Waals surface area contributed by atoms with Crippen molar-refractivity contribution in [1.29, 1.82) is 0 Å². The molecule has 0 aromatic heterocycles. The smallest absolute Gasteiger partial charge is 0.224 e. The minimum absolute atomic E-state index is 0.0787. The lowest BCUT2D eigenvalue weighted by Crippen LogP contribution is -2.50. The highest BCUT2D eigenvalue weighted by Crippen LogP contribution is 2.34. The molecule has 3 fully saturated rings. The zero-order valence-corrected chi connectivity index (χ0v) is 23.9. The molecule has 1 saturated heterocycles. The van der Waals surface area contributed by atoms with Gasteiger partial charge in [-0.1, -0.05) is 37.8 Å². The van der Waals surface area contributed by atoms with Gasteiger partial charge in [-0.05, 0) is 69.6 Å². The molecule has 3 N–H and O–H groups in total. The fourth-order valence-electron chi connectivity index (χ4n) is 6.05. The molecule has 3 aliphatic rings. The molecular weight excluding hydrogens is 512 g/mol. The van der Waals surface area contributed by atoms with Gasteiger partial charge < -0.3 is 25.2 Å². The Morgan fingerprint density at radius 3 is 2.33 bits per heavy atom. The molecule has 0 radical (unpaired) electrons. The van der Waals surface area contributed by atoms with E-state index in [-0.39, 0.29) is 35.7 Å². The zero-order valence-electron chi connectivity index (χ0n) is 23.9. The second-order valence-corrected chi connectivity index (χ2v) is 12.1. The van der Waals surface area contributed by atoms with Crippen molar-refractivity contribution in [2.24, 2.45) is 17.8 Å². The molecule has 1 aromatic carbocycles. The predicted octanol–water partition coefficient (Wildman–Crippen LogP) is 2.90. The number of carbonyl (C=O) groups excluding carboxylic acids is 4. The van der Waals surface area contributed by atoms with Crippen LogP contribution >= 0.6 is 0 Å². The summed E-state index contributed by atoms with van der Waals surface area (Å²) >= 11 is 0. The summed E-state index contributed by atoms with van der Waals surface area (Å²) in [4.78, 5) is 53.0. The van der Waals surface area contributed by atoms with E-state index in [1.165, 1.54) is 0 Å². The number of ether oxygens (including phenoxy) is 2. The number of benzene rings is 1. The monoisotopic (exact) mass is 556 g/mol. The van der Waals surface area contributed by atoms with Crippen molar-refractivity contribution < 1.29 is 33.8 Å². The van der Waals surface area contributed by atoms with E-state index >= 15 is 0 Å². The van der Waals surface area contributed by atoms with E-state index < -0.39 is 29.7 Å². The highest BCUT2D eigenvalue weighted by molar-refractivity contribution is 5.98. The number of methoxy groups -OCH3 is 1. The van der Waals surface area contributed by atoms with Crippen LogP contribution in [-0.4, -0.2) is 66.0 Å². The molecule has 1 aromatic rings. The van der Waals surface area contributed by atoms with Crippen molar-refractivity contribution in [1.82, 2.24) is 10.6 Å². The Bertz CT molecular complexity index is 1060. The molecular formula is C31H44N2O7. The number of carbonyl (C=O) groups is 4. The van der Waals surface area contributed by atoms with Gasteiger partial charge in [0.25, 0.3) is 0 Å². The van der Waals surface area contributed by atoms with E-state index in [2.05, 4.69) is 10.6 Å². The Labute approximate surface area is 236 Å². The lowest BCUT2D eigenvalue weighted by atomic mass is 9.88. The number of amides is 2. The topological polar surface area (TPSA) is 134 Å². The highest BCUT2D eigenvalue weighted by atomic mass is 16.6. The van der Waals surface area contributed by atoms with E-state index in [1.54, 1.807) is 21.0 Å². The number of nitrogens with one attached hydrogen (secondary N) is 2. The number of rotatable bonds is 14. The average Bonchev–Trinajstić information content (AvgIpc) is 3.28. The molecule has 9 nitrogen and oxygen atoms in total. The third-order valence-electron chi connectivity index (χ3n) is 8.85. The van der Waals surface area contributed by atoms with E-state index in [4.69, 9.17) is 9.47 Å². The fraction of sp³-hybridized carbons (Fsp3) is 0.677. The first kappa shape index (κ1) is 30.2. The summed E-state index contributed by atoms with van der Waals surface area (Å²) in [6.45, 7) is 3.74. The quantitative estimate of drug-likeness (QED) is 0.300. The SMILES string of the molecule is COc1ccc(C[C@H](CC(=O)[C@@H](C)NC(=O)[C@@H]2CC[C@@H](O)C2)C(=O)N[C@@H](CC2CCCC2)C(=O)[C@@]2(C)CO2)cc1. The third kappa shape index (κ3) is 7.91. The predicted molar refractivity (Wildman–Crippen MR) is 149 cm³/mol.